The molecule has 0 unspecified atom stereocenters. The molecule has 0 aromatic rings. The van der Waals surface area contributed by atoms with E-state index in [9.17, 15) is 0 Å². The van der Waals surface area contributed by atoms with E-state index in [1.165, 1.54) is 0 Å². The summed E-state index contributed by atoms with van der Waals surface area (Å²) in [5.74, 6) is 0. The fourth-order valence-corrected chi connectivity index (χ4v) is 0. The molecule has 0 aromatic heterocycles. The van der Waals surface area contributed by atoms with E-state index < -0.39 is 10.4 Å². The van der Waals surface area contributed by atoms with E-state index in [1.807, 2.05) is 0 Å². The zero-order valence-electron chi connectivity index (χ0n) is 3.18. The van der Waals surface area contributed by atoms with Crippen LogP contribution in [0.2, 0.25) is 0 Å². The summed E-state index contributed by atoms with van der Waals surface area (Å²) in [4.78, 5) is 0. The number of rotatable bonds is 0. The van der Waals surface area contributed by atoms with Gasteiger partial charge in [-0.25, -0.2) is 0 Å². The molecule has 0 saturated heterocycles. The van der Waals surface area contributed by atoms with Gasteiger partial charge in [-0.1, -0.05) is 0 Å². The van der Waals surface area contributed by atoms with Gasteiger partial charge < -0.3 is 6.15 Å². The summed E-state index contributed by atoms with van der Waals surface area (Å²) < 4.78 is 31.6. The first-order valence-electron chi connectivity index (χ1n) is 0.698. The fraction of sp³-hybridized carbons (Fsp3) is 0. The molecule has 0 aliphatic heterocycles. The molecule has 0 aliphatic carbocycles. The average molecular weight is 272 g/mol. The fourth-order valence-electron chi connectivity index (χ4n) is 0. The van der Waals surface area contributed by atoms with Crippen molar-refractivity contribution in [1.29, 1.82) is 0 Å². The van der Waals surface area contributed by atoms with Gasteiger partial charge in [0, 0.05) is 39.9 Å². The molecule has 48 valence electrons. The minimum atomic E-state index is -4.67. The van der Waals surface area contributed by atoms with E-state index in [0.29, 0.717) is 0 Å². The van der Waals surface area contributed by atoms with Crippen LogP contribution in [0.25, 0.3) is 0 Å². The van der Waals surface area contributed by atoms with Crippen molar-refractivity contribution >= 4 is 10.4 Å². The van der Waals surface area contributed by atoms with E-state index in [4.69, 9.17) is 17.5 Å². The van der Waals surface area contributed by atoms with Gasteiger partial charge in [0.25, 0.3) is 0 Å². The second kappa shape index (κ2) is 5.29. The van der Waals surface area contributed by atoms with E-state index in [-0.39, 0.29) is 46.1 Å². The predicted molar refractivity (Wildman–Crippen MR) is 19.2 cm³/mol. The van der Waals surface area contributed by atoms with Crippen LogP contribution in [0.15, 0.2) is 0 Å². The van der Waals surface area contributed by atoms with Gasteiger partial charge in [0.1, 0.15) is 0 Å². The van der Waals surface area contributed by atoms with Gasteiger partial charge >= 0.3 is 10.4 Å². The first kappa shape index (κ1) is 15.7. The largest absolute Gasteiger partial charge is 0.394 e. The molecular weight excluding hydrogens is 267 g/mol. The molecule has 0 rings (SSSR count). The molecule has 0 heterocycles. The van der Waals surface area contributed by atoms with Crippen LogP contribution in [0, 0.1) is 39.9 Å². The van der Waals surface area contributed by atoms with E-state index in [0.717, 1.165) is 0 Å². The third-order valence-corrected chi connectivity index (χ3v) is 0. The minimum absolute atomic E-state index is 0. The molecule has 5 nitrogen and oxygen atoms in total. The monoisotopic (exact) mass is 273 g/mol. The number of hydrogen-bond acceptors (Lipinski definition) is 3. The maximum absolute atomic E-state index is 8.74. The number of hydrogen-bond donors (Lipinski definition) is 3. The Morgan fingerprint density at radius 1 is 1.14 bits per heavy atom. The van der Waals surface area contributed by atoms with Crippen LogP contribution in [0.4, 0.5) is 0 Å². The van der Waals surface area contributed by atoms with Crippen LogP contribution >= 0.6 is 0 Å². The Balaban J connectivity index is -0.0000000800. The van der Waals surface area contributed by atoms with Crippen molar-refractivity contribution in [2.24, 2.45) is 0 Å². The minimum Gasteiger partial charge on any atom is -0.344 e. The molecule has 0 aliphatic rings. The van der Waals surface area contributed by atoms with Gasteiger partial charge in [-0.3, -0.25) is 9.11 Å². The van der Waals surface area contributed by atoms with Gasteiger partial charge in [-0.15, -0.1) is 0 Å². The first-order chi connectivity index (χ1) is 2.00. The summed E-state index contributed by atoms with van der Waals surface area (Å²) in [5, 5.41) is 0. The van der Waals surface area contributed by atoms with Crippen molar-refractivity contribution in [1.82, 2.24) is 6.15 Å². The topological polar surface area (TPSA) is 110 Å². The second-order valence-electron chi connectivity index (χ2n) is 0.448. The molecule has 0 aromatic carbocycles. The third kappa shape index (κ3) is 143. The summed E-state index contributed by atoms with van der Waals surface area (Å²) in [6.45, 7) is 0. The molecule has 7 heavy (non-hydrogen) atoms. The Labute approximate surface area is 73.3 Å². The molecule has 0 amide bonds. The third-order valence-electron chi connectivity index (χ3n) is 0. The molecule has 0 saturated carbocycles. The van der Waals surface area contributed by atoms with Gasteiger partial charge in [-0.2, -0.15) is 8.42 Å². The van der Waals surface area contributed by atoms with Crippen LogP contribution in [0.1, 0.15) is 0 Å². The first-order valence-corrected chi connectivity index (χ1v) is 2.10. The van der Waals surface area contributed by atoms with Crippen LogP contribution < -0.4 is 6.15 Å². The van der Waals surface area contributed by atoms with Crippen molar-refractivity contribution in [2.45, 2.75) is 0 Å². The van der Waals surface area contributed by atoms with Crippen LogP contribution in [0.5, 0.6) is 0 Å². The maximum Gasteiger partial charge on any atom is 0.394 e. The summed E-state index contributed by atoms with van der Waals surface area (Å²) in [5.41, 5.74) is 0. The summed E-state index contributed by atoms with van der Waals surface area (Å²) >= 11 is 0. The molecule has 0 radical (unpaired) electrons. The normalized spacial score (nSPS) is 8.29. The Kier molecular flexibility index (Phi) is 11.9. The van der Waals surface area contributed by atoms with Crippen LogP contribution in [-0.4, -0.2) is 17.5 Å². The summed E-state index contributed by atoms with van der Waals surface area (Å²) in [7, 11) is -4.67. The quantitative estimate of drug-likeness (QED) is 0.515. The zero-order chi connectivity index (χ0) is 4.50. The van der Waals surface area contributed by atoms with Crippen molar-refractivity contribution in [2.75, 3.05) is 0 Å². The zero-order valence-corrected chi connectivity index (χ0v) is 6.26. The van der Waals surface area contributed by atoms with Gasteiger partial charge in [0.2, 0.25) is 0 Å². The molecule has 7 heteroatoms. The standard InChI is InChI=1S/Gd.H3N.H2O4S/c;;1-5(2,3)4/h;1H3;(H2,1,2,3,4). The molecule has 5 N–H and O–H groups in total. The van der Waals surface area contributed by atoms with E-state index in [1.54, 1.807) is 0 Å². The SMILES string of the molecule is N.O=S(=O)(O)O.[Gd]. The molecule has 0 spiro atoms. The van der Waals surface area contributed by atoms with Gasteiger partial charge in [-0.05, 0) is 0 Å². The van der Waals surface area contributed by atoms with E-state index in [2.05, 4.69) is 0 Å². The smallest absolute Gasteiger partial charge is 0.344 e. The van der Waals surface area contributed by atoms with Gasteiger partial charge in [0.05, 0.1) is 0 Å². The molecule has 0 bridgehead atoms. The Morgan fingerprint density at radius 2 is 1.14 bits per heavy atom. The van der Waals surface area contributed by atoms with Crippen LogP contribution in [-0.2, 0) is 10.4 Å². The second-order valence-corrected chi connectivity index (χ2v) is 1.34. The summed E-state index contributed by atoms with van der Waals surface area (Å²) in [6.07, 6.45) is 0. The van der Waals surface area contributed by atoms with Crippen molar-refractivity contribution in [3.63, 3.8) is 0 Å². The Morgan fingerprint density at radius 3 is 1.14 bits per heavy atom. The molecule has 0 atom stereocenters. The Bertz CT molecular complexity index is 94.9. The maximum atomic E-state index is 8.74. The molecular formula is H5GdNO4S. The van der Waals surface area contributed by atoms with Crippen molar-refractivity contribution in [3.05, 3.63) is 0 Å². The summed E-state index contributed by atoms with van der Waals surface area (Å²) in [6, 6.07) is 0. The van der Waals surface area contributed by atoms with Gasteiger partial charge in [0.15, 0.2) is 0 Å². The predicted octanol–water partition coefficient (Wildman–Crippen LogP) is -0.491. The molecule has 0 fully saturated rings. The van der Waals surface area contributed by atoms with Crippen LogP contribution in [0.3, 0.4) is 0 Å². The van der Waals surface area contributed by atoms with Crippen molar-refractivity contribution in [3.8, 4) is 0 Å². The average Bonchev–Trinajstić information content (AvgIpc) is 0.722. The van der Waals surface area contributed by atoms with E-state index >= 15 is 0 Å². The Hall–Kier alpha value is 1.15. The van der Waals surface area contributed by atoms with Crippen molar-refractivity contribution < 1.29 is 57.5 Å².